The number of amides is 1. The van der Waals surface area contributed by atoms with E-state index < -0.39 is 11.7 Å². The van der Waals surface area contributed by atoms with Gasteiger partial charge < -0.3 is 16.8 Å². The molecule has 5 N–H and O–H groups in total. The van der Waals surface area contributed by atoms with E-state index in [0.717, 1.165) is 23.5 Å². The first-order valence-electron chi connectivity index (χ1n) is 6.98. The zero-order valence-corrected chi connectivity index (χ0v) is 12.4. The van der Waals surface area contributed by atoms with Crippen molar-refractivity contribution in [2.45, 2.75) is 13.5 Å². The molecular formula is C15H15FN6O. The van der Waals surface area contributed by atoms with Crippen molar-refractivity contribution >= 4 is 34.1 Å². The minimum atomic E-state index is -0.793. The molecule has 0 unspecified atom stereocenters. The fourth-order valence-electron chi connectivity index (χ4n) is 2.34. The molecule has 8 heteroatoms. The molecule has 0 radical (unpaired) electrons. The van der Waals surface area contributed by atoms with Crippen molar-refractivity contribution in [1.82, 2.24) is 14.8 Å². The Morgan fingerprint density at radius 2 is 2.17 bits per heavy atom. The summed E-state index contributed by atoms with van der Waals surface area (Å²) in [6, 6.07) is 6.52. The molecule has 0 saturated heterocycles. The normalized spacial score (nSPS) is 10.9. The van der Waals surface area contributed by atoms with Crippen molar-refractivity contribution in [3.63, 3.8) is 0 Å². The number of nitrogen functional groups attached to an aromatic ring is 1. The van der Waals surface area contributed by atoms with E-state index in [-0.39, 0.29) is 17.2 Å². The van der Waals surface area contributed by atoms with Gasteiger partial charge in [0.15, 0.2) is 11.6 Å². The third-order valence-corrected chi connectivity index (χ3v) is 3.47. The molecular weight excluding hydrogens is 299 g/mol. The molecule has 1 aromatic carbocycles. The number of carbonyl (C=O) groups excluding carboxylic acids is 1. The molecule has 7 nitrogen and oxygen atoms in total. The fraction of sp³-hybridized carbons (Fsp3) is 0.133. The monoisotopic (exact) mass is 314 g/mol. The van der Waals surface area contributed by atoms with Crippen LogP contribution in [-0.4, -0.2) is 20.7 Å². The maximum atomic E-state index is 13.5. The van der Waals surface area contributed by atoms with Crippen LogP contribution in [0.25, 0.3) is 10.9 Å². The molecule has 3 rings (SSSR count). The summed E-state index contributed by atoms with van der Waals surface area (Å²) in [5.74, 6) is -1.78. The smallest absolute Gasteiger partial charge is 0.252 e. The van der Waals surface area contributed by atoms with Crippen molar-refractivity contribution in [2.24, 2.45) is 5.73 Å². The van der Waals surface area contributed by atoms with E-state index >= 15 is 0 Å². The maximum absolute atomic E-state index is 13.5. The highest BCUT2D eigenvalue weighted by atomic mass is 19.1. The van der Waals surface area contributed by atoms with Crippen LogP contribution in [0.3, 0.4) is 0 Å². The second-order valence-corrected chi connectivity index (χ2v) is 4.97. The number of rotatable bonds is 4. The van der Waals surface area contributed by atoms with Gasteiger partial charge in [0.2, 0.25) is 0 Å². The predicted octanol–water partition coefficient (Wildman–Crippen LogP) is 2.02. The number of anilines is 3. The summed E-state index contributed by atoms with van der Waals surface area (Å²) in [5, 5.41) is 8.13. The molecule has 0 aliphatic carbocycles. The van der Waals surface area contributed by atoms with Crippen LogP contribution in [0, 0.1) is 5.82 Å². The number of hydrogen-bond donors (Lipinski definition) is 3. The molecule has 2 heterocycles. The van der Waals surface area contributed by atoms with Crippen LogP contribution in [0.2, 0.25) is 0 Å². The quantitative estimate of drug-likeness (QED) is 0.682. The minimum Gasteiger partial charge on any atom is -0.381 e. The fourth-order valence-corrected chi connectivity index (χ4v) is 2.34. The van der Waals surface area contributed by atoms with Crippen molar-refractivity contribution in [3.8, 4) is 0 Å². The third-order valence-electron chi connectivity index (χ3n) is 3.47. The summed E-state index contributed by atoms with van der Waals surface area (Å²) < 4.78 is 15.3. The number of nitrogens with one attached hydrogen (secondary N) is 1. The summed E-state index contributed by atoms with van der Waals surface area (Å²) in [6.45, 7) is 2.76. The second kappa shape index (κ2) is 5.56. The molecule has 118 valence electrons. The van der Waals surface area contributed by atoms with E-state index in [4.69, 9.17) is 11.5 Å². The van der Waals surface area contributed by atoms with Crippen LogP contribution in [0.5, 0.6) is 0 Å². The first-order chi connectivity index (χ1) is 11.0. The molecule has 0 aliphatic heterocycles. The molecule has 0 aliphatic rings. The topological polar surface area (TPSA) is 112 Å². The molecule has 0 atom stereocenters. The van der Waals surface area contributed by atoms with E-state index in [1.54, 1.807) is 6.20 Å². The van der Waals surface area contributed by atoms with Crippen LogP contribution in [-0.2, 0) is 6.54 Å². The van der Waals surface area contributed by atoms with E-state index in [2.05, 4.69) is 15.4 Å². The Morgan fingerprint density at radius 3 is 2.87 bits per heavy atom. The molecule has 3 aromatic rings. The Hall–Kier alpha value is -3.16. The summed E-state index contributed by atoms with van der Waals surface area (Å²) >= 11 is 0. The lowest BCUT2D eigenvalue weighted by Crippen LogP contribution is -2.16. The average Bonchev–Trinajstić information content (AvgIpc) is 2.92. The molecule has 1 amide bonds. The van der Waals surface area contributed by atoms with Crippen molar-refractivity contribution in [1.29, 1.82) is 0 Å². The highest BCUT2D eigenvalue weighted by Crippen LogP contribution is 2.25. The van der Waals surface area contributed by atoms with E-state index in [9.17, 15) is 9.18 Å². The van der Waals surface area contributed by atoms with E-state index in [0.29, 0.717) is 5.69 Å². The Kier molecular flexibility index (Phi) is 3.57. The molecule has 2 aromatic heterocycles. The Balaban J connectivity index is 2.01. The molecule has 0 spiro atoms. The first-order valence-corrected chi connectivity index (χ1v) is 6.98. The third kappa shape index (κ3) is 2.66. The Labute approximate surface area is 131 Å². The lowest BCUT2D eigenvalue weighted by atomic mass is 10.2. The number of pyridine rings is 1. The highest BCUT2D eigenvalue weighted by Gasteiger charge is 2.15. The van der Waals surface area contributed by atoms with Gasteiger partial charge in [-0.15, -0.1) is 0 Å². The molecule has 0 fully saturated rings. The van der Waals surface area contributed by atoms with Gasteiger partial charge in [-0.3, -0.25) is 9.48 Å². The van der Waals surface area contributed by atoms with Gasteiger partial charge in [-0.05, 0) is 31.2 Å². The van der Waals surface area contributed by atoms with Crippen LogP contribution < -0.4 is 16.8 Å². The van der Waals surface area contributed by atoms with Gasteiger partial charge in [0.05, 0.1) is 17.3 Å². The maximum Gasteiger partial charge on any atom is 0.252 e. The lowest BCUT2D eigenvalue weighted by Gasteiger charge is -2.11. The van der Waals surface area contributed by atoms with Gasteiger partial charge in [-0.2, -0.15) is 5.10 Å². The first kappa shape index (κ1) is 14.8. The molecule has 23 heavy (non-hydrogen) atoms. The zero-order chi connectivity index (χ0) is 16.6. The SMILES string of the molecule is CCn1ncc2cc(Nc3nc(N)c(F)cc3C(N)=O)ccc21. The number of aromatic nitrogens is 3. The van der Waals surface area contributed by atoms with Crippen molar-refractivity contribution in [3.05, 3.63) is 41.8 Å². The predicted molar refractivity (Wildman–Crippen MR) is 85.8 cm³/mol. The van der Waals surface area contributed by atoms with Crippen LogP contribution in [0.1, 0.15) is 17.3 Å². The number of halogens is 1. The number of hydrogen-bond acceptors (Lipinski definition) is 5. The number of nitrogens with zero attached hydrogens (tertiary/aromatic N) is 3. The van der Waals surface area contributed by atoms with Gasteiger partial charge in [0.1, 0.15) is 5.82 Å². The van der Waals surface area contributed by atoms with Crippen LogP contribution in [0.15, 0.2) is 30.5 Å². The summed E-state index contributed by atoms with van der Waals surface area (Å²) in [4.78, 5) is 15.3. The second-order valence-electron chi connectivity index (χ2n) is 4.97. The number of fused-ring (bicyclic) bond motifs is 1. The molecule has 0 bridgehead atoms. The largest absolute Gasteiger partial charge is 0.381 e. The Morgan fingerprint density at radius 1 is 1.39 bits per heavy atom. The van der Waals surface area contributed by atoms with Crippen molar-refractivity contribution < 1.29 is 9.18 Å². The zero-order valence-electron chi connectivity index (χ0n) is 12.4. The van der Waals surface area contributed by atoms with Crippen LogP contribution >= 0.6 is 0 Å². The number of carbonyl (C=O) groups is 1. The van der Waals surface area contributed by atoms with Crippen LogP contribution in [0.4, 0.5) is 21.7 Å². The minimum absolute atomic E-state index is 0.0685. The van der Waals surface area contributed by atoms with E-state index in [1.807, 2.05) is 29.8 Å². The van der Waals surface area contributed by atoms with Gasteiger partial charge in [0.25, 0.3) is 5.91 Å². The van der Waals surface area contributed by atoms with Crippen molar-refractivity contribution in [2.75, 3.05) is 11.1 Å². The average molecular weight is 314 g/mol. The van der Waals surface area contributed by atoms with Gasteiger partial charge in [-0.25, -0.2) is 9.37 Å². The van der Waals surface area contributed by atoms with Gasteiger partial charge in [0, 0.05) is 17.6 Å². The lowest BCUT2D eigenvalue weighted by molar-refractivity contribution is 0.100. The number of benzene rings is 1. The summed E-state index contributed by atoms with van der Waals surface area (Å²) in [7, 11) is 0. The summed E-state index contributed by atoms with van der Waals surface area (Å²) in [6.07, 6.45) is 1.74. The number of nitrogens with two attached hydrogens (primary N) is 2. The standard InChI is InChI=1S/C15H15FN6O/c1-2-22-12-4-3-9(5-8(12)7-19-22)20-15-10(14(18)23)6-11(16)13(17)21-15/h3-7H,2H2,1H3,(H2,18,23)(H3,17,20,21). The van der Waals surface area contributed by atoms with Gasteiger partial charge >= 0.3 is 0 Å². The van der Waals surface area contributed by atoms with Gasteiger partial charge in [-0.1, -0.05) is 0 Å². The number of primary amides is 1. The Bertz CT molecular complexity index is 904. The van der Waals surface area contributed by atoms with E-state index in [1.165, 1.54) is 0 Å². The number of aryl methyl sites for hydroxylation is 1. The summed E-state index contributed by atoms with van der Waals surface area (Å²) in [5.41, 5.74) is 12.3. The highest BCUT2D eigenvalue weighted by molar-refractivity contribution is 5.98. The molecule has 0 saturated carbocycles.